The summed E-state index contributed by atoms with van der Waals surface area (Å²) in [4.78, 5) is 25.3. The minimum absolute atomic E-state index is 0.0642. The molecule has 4 N–H and O–H groups in total. The Balaban J connectivity index is 1.94. The van der Waals surface area contributed by atoms with Gasteiger partial charge in [-0.05, 0) is 42.9 Å². The molecule has 9 nitrogen and oxygen atoms in total. The molecular weight excluding hydrogens is 412 g/mol. The van der Waals surface area contributed by atoms with Crippen molar-refractivity contribution in [1.82, 2.24) is 16.0 Å². The van der Waals surface area contributed by atoms with Crippen LogP contribution in [0.4, 0.5) is 0 Å². The molecule has 0 saturated carbocycles. The highest BCUT2D eigenvalue weighted by Gasteiger charge is 2.25. The molecule has 2 rings (SSSR count). The molecule has 32 heavy (non-hydrogen) atoms. The molecule has 1 aromatic carbocycles. The van der Waals surface area contributed by atoms with Crippen LogP contribution in [0, 0.1) is 11.3 Å². The standard InChI is InChI=1S/C23H36N4O5/c1-5-15(2)12-18(22(29)25-17-8-10-32-11-9-17)26-23(24)27-21(28)14-16-6-7-19(30-3)20(13-16)31-4/h6-7,13,15,17-18H,5,8-12,14H2,1-4H3,(H,25,29)(H3,24,26,27,28). The van der Waals surface area contributed by atoms with Gasteiger partial charge in [0.2, 0.25) is 11.8 Å². The van der Waals surface area contributed by atoms with E-state index in [1.807, 2.05) is 0 Å². The van der Waals surface area contributed by atoms with Gasteiger partial charge in [0, 0.05) is 19.3 Å². The Morgan fingerprint density at radius 1 is 1.19 bits per heavy atom. The second kappa shape index (κ2) is 12.9. The van der Waals surface area contributed by atoms with Crippen LogP contribution in [0.5, 0.6) is 11.5 Å². The zero-order valence-corrected chi connectivity index (χ0v) is 19.5. The maximum absolute atomic E-state index is 12.9. The number of ether oxygens (including phenoxy) is 3. The molecule has 2 amide bonds. The van der Waals surface area contributed by atoms with Gasteiger partial charge in [0.1, 0.15) is 6.04 Å². The molecule has 0 bridgehead atoms. The van der Waals surface area contributed by atoms with Gasteiger partial charge in [-0.2, -0.15) is 0 Å². The van der Waals surface area contributed by atoms with E-state index in [1.165, 1.54) is 7.11 Å². The average molecular weight is 449 g/mol. The van der Waals surface area contributed by atoms with Gasteiger partial charge in [0.05, 0.1) is 20.6 Å². The highest BCUT2D eigenvalue weighted by Crippen LogP contribution is 2.27. The van der Waals surface area contributed by atoms with Crippen LogP contribution in [-0.4, -0.2) is 57.3 Å². The van der Waals surface area contributed by atoms with Gasteiger partial charge in [-0.3, -0.25) is 20.3 Å². The number of guanidine groups is 1. The Morgan fingerprint density at radius 3 is 2.50 bits per heavy atom. The Hall–Kier alpha value is -2.81. The molecule has 178 valence electrons. The molecule has 0 radical (unpaired) electrons. The number of nitrogens with one attached hydrogen (secondary N) is 4. The number of hydrogen-bond donors (Lipinski definition) is 4. The van der Waals surface area contributed by atoms with Gasteiger partial charge in [0.25, 0.3) is 0 Å². The first-order valence-corrected chi connectivity index (χ1v) is 11.1. The van der Waals surface area contributed by atoms with Crippen LogP contribution in [0.25, 0.3) is 0 Å². The Morgan fingerprint density at radius 2 is 1.88 bits per heavy atom. The number of carbonyl (C=O) groups excluding carboxylic acids is 2. The largest absolute Gasteiger partial charge is 0.493 e. The quantitative estimate of drug-likeness (QED) is 0.321. The summed E-state index contributed by atoms with van der Waals surface area (Å²) in [5.74, 6) is 0.700. The van der Waals surface area contributed by atoms with Crippen molar-refractivity contribution in [3.63, 3.8) is 0 Å². The van der Waals surface area contributed by atoms with E-state index in [1.54, 1.807) is 25.3 Å². The molecule has 1 aliphatic heterocycles. The van der Waals surface area contributed by atoms with E-state index >= 15 is 0 Å². The van der Waals surface area contributed by atoms with Crippen molar-refractivity contribution < 1.29 is 23.8 Å². The zero-order chi connectivity index (χ0) is 23.5. The SMILES string of the molecule is CCC(C)CC(NC(=N)NC(=O)Cc1ccc(OC)c(OC)c1)C(=O)NC1CCOCC1. The summed E-state index contributed by atoms with van der Waals surface area (Å²) in [6.45, 7) is 5.40. The van der Waals surface area contributed by atoms with Crippen LogP contribution in [-0.2, 0) is 20.7 Å². The van der Waals surface area contributed by atoms with Crippen molar-refractivity contribution >= 4 is 17.8 Å². The molecule has 2 unspecified atom stereocenters. The normalized spacial score (nSPS) is 15.9. The molecule has 0 aromatic heterocycles. The fourth-order valence-electron chi connectivity index (χ4n) is 3.51. The summed E-state index contributed by atoms with van der Waals surface area (Å²) in [7, 11) is 3.08. The fraction of sp³-hybridized carbons (Fsp3) is 0.609. The van der Waals surface area contributed by atoms with Crippen LogP contribution in [0.15, 0.2) is 18.2 Å². The molecule has 9 heteroatoms. The highest BCUT2D eigenvalue weighted by atomic mass is 16.5. The third kappa shape index (κ3) is 8.03. The summed E-state index contributed by atoms with van der Waals surface area (Å²) < 4.78 is 15.8. The number of methoxy groups -OCH3 is 2. The number of hydrogen-bond acceptors (Lipinski definition) is 6. The number of rotatable bonds is 10. The third-order valence-electron chi connectivity index (χ3n) is 5.61. The van der Waals surface area contributed by atoms with Crippen LogP contribution in [0.1, 0.15) is 45.1 Å². The first-order chi connectivity index (χ1) is 15.4. The van der Waals surface area contributed by atoms with Gasteiger partial charge < -0.3 is 24.8 Å². The summed E-state index contributed by atoms with van der Waals surface area (Å²) in [6.07, 6.45) is 3.11. The topological polar surface area (TPSA) is 122 Å². The van der Waals surface area contributed by atoms with E-state index in [9.17, 15) is 9.59 Å². The van der Waals surface area contributed by atoms with E-state index in [-0.39, 0.29) is 30.2 Å². The first kappa shape index (κ1) is 25.5. The van der Waals surface area contributed by atoms with Crippen molar-refractivity contribution in [2.24, 2.45) is 5.92 Å². The minimum Gasteiger partial charge on any atom is -0.493 e. The minimum atomic E-state index is -0.596. The van der Waals surface area contributed by atoms with Crippen molar-refractivity contribution in [3.8, 4) is 11.5 Å². The van der Waals surface area contributed by atoms with Gasteiger partial charge in [0.15, 0.2) is 17.5 Å². The van der Waals surface area contributed by atoms with E-state index in [0.717, 1.165) is 24.8 Å². The lowest BCUT2D eigenvalue weighted by Gasteiger charge is -2.27. The zero-order valence-electron chi connectivity index (χ0n) is 19.5. The van der Waals surface area contributed by atoms with Crippen LogP contribution < -0.4 is 25.4 Å². The second-order valence-corrected chi connectivity index (χ2v) is 8.13. The van der Waals surface area contributed by atoms with Crippen molar-refractivity contribution in [1.29, 1.82) is 5.41 Å². The molecule has 1 fully saturated rings. The Labute approximate surface area is 190 Å². The van der Waals surface area contributed by atoms with Crippen molar-refractivity contribution in [3.05, 3.63) is 23.8 Å². The van der Waals surface area contributed by atoms with Gasteiger partial charge in [-0.1, -0.05) is 26.3 Å². The number of carbonyl (C=O) groups is 2. The van der Waals surface area contributed by atoms with Gasteiger partial charge in [-0.15, -0.1) is 0 Å². The monoisotopic (exact) mass is 448 g/mol. The molecule has 1 aliphatic rings. The van der Waals surface area contributed by atoms with E-state index in [2.05, 4.69) is 29.8 Å². The molecule has 2 atom stereocenters. The third-order valence-corrected chi connectivity index (χ3v) is 5.61. The predicted molar refractivity (Wildman–Crippen MR) is 122 cm³/mol. The van der Waals surface area contributed by atoms with Crippen molar-refractivity contribution in [2.45, 2.75) is 58.0 Å². The van der Waals surface area contributed by atoms with E-state index in [0.29, 0.717) is 37.1 Å². The molecule has 0 aliphatic carbocycles. The average Bonchev–Trinajstić information content (AvgIpc) is 2.78. The van der Waals surface area contributed by atoms with Crippen LogP contribution in [0.3, 0.4) is 0 Å². The van der Waals surface area contributed by atoms with Gasteiger partial charge in [-0.25, -0.2) is 0 Å². The van der Waals surface area contributed by atoms with E-state index in [4.69, 9.17) is 19.6 Å². The van der Waals surface area contributed by atoms with Gasteiger partial charge >= 0.3 is 0 Å². The Kier molecular flexibility index (Phi) is 10.3. The summed E-state index contributed by atoms with van der Waals surface area (Å²) >= 11 is 0. The fourth-order valence-corrected chi connectivity index (χ4v) is 3.51. The lowest BCUT2D eigenvalue weighted by Crippen LogP contribution is -2.54. The maximum atomic E-state index is 12.9. The van der Waals surface area contributed by atoms with Crippen LogP contribution >= 0.6 is 0 Å². The molecule has 1 saturated heterocycles. The number of amides is 2. The smallest absolute Gasteiger partial charge is 0.242 e. The second-order valence-electron chi connectivity index (χ2n) is 8.13. The van der Waals surface area contributed by atoms with Crippen molar-refractivity contribution in [2.75, 3.05) is 27.4 Å². The molecule has 1 aromatic rings. The van der Waals surface area contributed by atoms with Crippen LogP contribution in [0.2, 0.25) is 0 Å². The first-order valence-electron chi connectivity index (χ1n) is 11.1. The summed E-state index contributed by atoms with van der Waals surface area (Å²) in [6, 6.07) is 4.70. The molecule has 1 heterocycles. The molecule has 0 spiro atoms. The summed E-state index contributed by atoms with van der Waals surface area (Å²) in [5.41, 5.74) is 0.723. The predicted octanol–water partition coefficient (Wildman–Crippen LogP) is 1.99. The maximum Gasteiger partial charge on any atom is 0.242 e. The lowest BCUT2D eigenvalue weighted by molar-refractivity contribution is -0.124. The van der Waals surface area contributed by atoms with E-state index < -0.39 is 6.04 Å². The number of benzene rings is 1. The highest BCUT2D eigenvalue weighted by molar-refractivity contribution is 5.98. The summed E-state index contributed by atoms with van der Waals surface area (Å²) in [5, 5.41) is 16.7. The molecular formula is C23H36N4O5. The Bertz CT molecular complexity index is 780. The lowest BCUT2D eigenvalue weighted by atomic mass is 9.98.